The fourth-order valence-corrected chi connectivity index (χ4v) is 8.22. The first kappa shape index (κ1) is 32.8. The Hall–Kier alpha value is -3.09. The Labute approximate surface area is 276 Å². The number of hydrogen-bond donors (Lipinski definition) is 2. The summed E-state index contributed by atoms with van der Waals surface area (Å²) in [5.74, 6) is -2.31. The molecular formula is C34H39ClFN3O6S. The Morgan fingerprint density at radius 1 is 1.09 bits per heavy atom. The molecule has 46 heavy (non-hydrogen) atoms. The molecule has 1 unspecified atom stereocenters. The van der Waals surface area contributed by atoms with E-state index in [-0.39, 0.29) is 64.7 Å². The normalized spacial score (nSPS) is 25.3. The topological polar surface area (TPSA) is 108 Å². The van der Waals surface area contributed by atoms with Crippen LogP contribution in [-0.4, -0.2) is 90.3 Å². The highest BCUT2D eigenvalue weighted by Gasteiger charge is 2.41. The van der Waals surface area contributed by atoms with E-state index in [1.165, 1.54) is 23.5 Å². The van der Waals surface area contributed by atoms with E-state index < -0.39 is 11.8 Å². The lowest BCUT2D eigenvalue weighted by Gasteiger charge is -2.30. The lowest BCUT2D eigenvalue weighted by atomic mass is 9.87. The first-order valence-corrected chi connectivity index (χ1v) is 17.1. The van der Waals surface area contributed by atoms with Gasteiger partial charge in [0.15, 0.2) is 0 Å². The van der Waals surface area contributed by atoms with E-state index in [1.807, 2.05) is 24.3 Å². The van der Waals surface area contributed by atoms with E-state index in [4.69, 9.17) is 21.1 Å². The molecule has 3 heterocycles. The quantitative estimate of drug-likeness (QED) is 0.279. The van der Waals surface area contributed by atoms with E-state index in [0.29, 0.717) is 44.4 Å². The summed E-state index contributed by atoms with van der Waals surface area (Å²) in [4.78, 5) is 42.3. The summed E-state index contributed by atoms with van der Waals surface area (Å²) in [5.41, 5.74) is 0.783. The lowest BCUT2D eigenvalue weighted by Crippen LogP contribution is -2.41. The SMILES string of the molecule is COC1CCN([C@H]2C[C@@H](COC3CCC(C(=O)O)CC3)N(C(=O)Cc3cc(Cl)c(NC(=O)c4csc5ccccc45)cc3F)C2)C1. The van der Waals surface area contributed by atoms with Crippen LogP contribution in [0.2, 0.25) is 5.02 Å². The molecule has 12 heteroatoms. The maximum atomic E-state index is 15.4. The minimum absolute atomic E-state index is 0.0395. The van der Waals surface area contributed by atoms with Crippen LogP contribution >= 0.6 is 22.9 Å². The number of halogens is 2. The molecular weight excluding hydrogens is 633 g/mol. The number of amides is 2. The number of anilines is 1. The van der Waals surface area contributed by atoms with E-state index in [2.05, 4.69) is 10.2 Å². The van der Waals surface area contributed by atoms with Crippen LogP contribution < -0.4 is 5.32 Å². The van der Waals surface area contributed by atoms with Gasteiger partial charge in [-0.15, -0.1) is 11.3 Å². The summed E-state index contributed by atoms with van der Waals surface area (Å²) < 4.78 is 28.2. The van der Waals surface area contributed by atoms with Gasteiger partial charge in [0.05, 0.1) is 53.5 Å². The highest BCUT2D eigenvalue weighted by atomic mass is 35.5. The van der Waals surface area contributed by atoms with Gasteiger partial charge in [-0.1, -0.05) is 29.8 Å². The summed E-state index contributed by atoms with van der Waals surface area (Å²) in [6, 6.07) is 10.1. The molecule has 2 saturated heterocycles. The third kappa shape index (κ3) is 7.23. The van der Waals surface area contributed by atoms with Gasteiger partial charge in [0.2, 0.25) is 5.91 Å². The van der Waals surface area contributed by atoms with Crippen molar-refractivity contribution in [3.8, 4) is 0 Å². The van der Waals surface area contributed by atoms with Crippen molar-refractivity contribution in [3.63, 3.8) is 0 Å². The number of methoxy groups -OCH3 is 1. The Balaban J connectivity index is 1.12. The van der Waals surface area contributed by atoms with Crippen LogP contribution in [-0.2, 0) is 25.5 Å². The predicted octanol–water partition coefficient (Wildman–Crippen LogP) is 5.84. The fourth-order valence-electron chi connectivity index (χ4n) is 7.05. The van der Waals surface area contributed by atoms with E-state index in [1.54, 1.807) is 17.4 Å². The molecule has 1 saturated carbocycles. The van der Waals surface area contributed by atoms with Crippen molar-refractivity contribution in [3.05, 3.63) is 63.7 Å². The largest absolute Gasteiger partial charge is 0.481 e. The minimum Gasteiger partial charge on any atom is -0.481 e. The molecule has 1 aromatic heterocycles. The van der Waals surface area contributed by atoms with Crippen molar-refractivity contribution in [2.45, 2.75) is 69.2 Å². The molecule has 0 radical (unpaired) electrons. The zero-order valence-electron chi connectivity index (χ0n) is 25.8. The van der Waals surface area contributed by atoms with E-state index in [9.17, 15) is 19.5 Å². The second-order valence-corrected chi connectivity index (χ2v) is 13.9. The van der Waals surface area contributed by atoms with Gasteiger partial charge >= 0.3 is 5.97 Å². The number of ether oxygens (including phenoxy) is 2. The van der Waals surface area contributed by atoms with Gasteiger partial charge in [-0.05, 0) is 62.3 Å². The Morgan fingerprint density at radius 2 is 1.87 bits per heavy atom. The number of aliphatic carboxylic acids is 1. The number of thiophene rings is 1. The highest BCUT2D eigenvalue weighted by Crippen LogP contribution is 2.32. The van der Waals surface area contributed by atoms with Crippen molar-refractivity contribution in [2.75, 3.05) is 38.7 Å². The van der Waals surface area contributed by atoms with Gasteiger partial charge in [-0.2, -0.15) is 0 Å². The van der Waals surface area contributed by atoms with Crippen LogP contribution in [0.1, 0.15) is 54.4 Å². The average Bonchev–Trinajstić information content (AvgIpc) is 3.81. The number of hydrogen-bond acceptors (Lipinski definition) is 7. The molecule has 246 valence electrons. The smallest absolute Gasteiger partial charge is 0.306 e. The summed E-state index contributed by atoms with van der Waals surface area (Å²) >= 11 is 7.97. The maximum Gasteiger partial charge on any atom is 0.306 e. The van der Waals surface area contributed by atoms with Crippen LogP contribution in [0.4, 0.5) is 10.1 Å². The number of benzene rings is 2. The molecule has 9 nitrogen and oxygen atoms in total. The van der Waals surface area contributed by atoms with Crippen LogP contribution in [0.25, 0.3) is 10.1 Å². The molecule has 3 aromatic rings. The molecule has 0 spiro atoms. The number of fused-ring (bicyclic) bond motifs is 1. The van der Waals surface area contributed by atoms with E-state index >= 15 is 4.39 Å². The zero-order valence-corrected chi connectivity index (χ0v) is 27.3. The number of carbonyl (C=O) groups excluding carboxylic acids is 2. The first-order valence-electron chi connectivity index (χ1n) is 15.9. The Morgan fingerprint density at radius 3 is 2.61 bits per heavy atom. The predicted molar refractivity (Wildman–Crippen MR) is 175 cm³/mol. The Bertz CT molecular complexity index is 1590. The van der Waals surface area contributed by atoms with Crippen molar-refractivity contribution in [2.24, 2.45) is 5.92 Å². The summed E-state index contributed by atoms with van der Waals surface area (Å²) in [6.45, 7) is 2.54. The molecule has 3 atom stereocenters. The summed E-state index contributed by atoms with van der Waals surface area (Å²) in [6.07, 6.45) is 4.14. The standard InChI is InChI=1S/C34H39ClFN3O6S/c1-44-25-10-11-38(17-25)22-14-23(18-45-24-8-6-20(7-9-24)34(42)43)39(16-22)32(40)13-21-12-28(35)30(15-29(21)36)37-33(41)27-19-46-31-5-3-2-4-26(27)31/h2-5,12,15,19-20,22-25H,6-11,13-14,16-18H2,1H3,(H,37,41)(H,42,43)/t20?,22-,23-,24?,25?/m0/s1. The van der Waals surface area contributed by atoms with Gasteiger partial charge in [0.25, 0.3) is 5.91 Å². The van der Waals surface area contributed by atoms with Gasteiger partial charge < -0.3 is 24.8 Å². The Kier molecular flexibility index (Phi) is 10.2. The lowest BCUT2D eigenvalue weighted by molar-refractivity contribution is -0.144. The number of rotatable bonds is 10. The van der Waals surface area contributed by atoms with Gasteiger partial charge in [0.1, 0.15) is 5.82 Å². The monoisotopic (exact) mass is 671 g/mol. The molecule has 2 N–H and O–H groups in total. The number of carboxylic acid groups (broad SMARTS) is 1. The molecule has 6 rings (SSSR count). The minimum atomic E-state index is -0.757. The van der Waals surface area contributed by atoms with Gasteiger partial charge in [-0.25, -0.2) is 4.39 Å². The van der Waals surface area contributed by atoms with Gasteiger partial charge in [-0.3, -0.25) is 19.3 Å². The molecule has 2 amide bonds. The van der Waals surface area contributed by atoms with Crippen molar-refractivity contribution in [1.29, 1.82) is 0 Å². The van der Waals surface area contributed by atoms with Crippen molar-refractivity contribution >= 4 is 56.5 Å². The summed E-state index contributed by atoms with van der Waals surface area (Å²) in [7, 11) is 1.72. The molecule has 2 aromatic carbocycles. The molecule has 2 aliphatic heterocycles. The third-order valence-electron chi connectivity index (χ3n) is 9.74. The second-order valence-electron chi connectivity index (χ2n) is 12.6. The number of likely N-dealkylation sites (tertiary alicyclic amines) is 2. The third-order valence-corrected chi connectivity index (χ3v) is 11.0. The van der Waals surface area contributed by atoms with Crippen LogP contribution in [0.5, 0.6) is 0 Å². The van der Waals surface area contributed by atoms with Crippen molar-refractivity contribution < 1.29 is 33.4 Å². The van der Waals surface area contributed by atoms with Crippen LogP contribution in [0.15, 0.2) is 41.8 Å². The maximum absolute atomic E-state index is 15.4. The highest BCUT2D eigenvalue weighted by molar-refractivity contribution is 7.17. The van der Waals surface area contributed by atoms with Crippen LogP contribution in [0.3, 0.4) is 0 Å². The first-order chi connectivity index (χ1) is 22.2. The molecule has 3 fully saturated rings. The van der Waals surface area contributed by atoms with E-state index in [0.717, 1.165) is 36.0 Å². The van der Waals surface area contributed by atoms with Gasteiger partial charge in [0, 0.05) is 48.3 Å². The average molecular weight is 672 g/mol. The molecule has 0 bridgehead atoms. The van der Waals surface area contributed by atoms with Crippen molar-refractivity contribution in [1.82, 2.24) is 9.80 Å². The zero-order chi connectivity index (χ0) is 32.4. The fraction of sp³-hybridized carbons (Fsp3) is 0.500. The summed E-state index contributed by atoms with van der Waals surface area (Å²) in [5, 5.41) is 14.8. The second kappa shape index (κ2) is 14.4. The van der Waals surface area contributed by atoms with Crippen LogP contribution in [0, 0.1) is 11.7 Å². The molecule has 3 aliphatic rings. The molecule has 1 aliphatic carbocycles. The number of carboxylic acids is 1. The number of carbonyl (C=O) groups is 3. The number of nitrogens with one attached hydrogen (secondary N) is 1. The number of nitrogens with zero attached hydrogens (tertiary/aromatic N) is 2.